The predicted octanol–water partition coefficient (Wildman–Crippen LogP) is 3.68. The van der Waals surface area contributed by atoms with Crippen molar-refractivity contribution in [2.45, 2.75) is 5.41 Å². The highest BCUT2D eigenvalue weighted by molar-refractivity contribution is 6.18. The van der Waals surface area contributed by atoms with E-state index in [1.165, 1.54) is 0 Å². The zero-order valence-corrected chi connectivity index (χ0v) is 16.4. The number of allylic oxidation sites excluding steroid dienone is 3. The lowest BCUT2D eigenvalue weighted by Gasteiger charge is -2.43. The van der Waals surface area contributed by atoms with Gasteiger partial charge in [0.05, 0.1) is 11.3 Å². The van der Waals surface area contributed by atoms with Crippen molar-refractivity contribution >= 4 is 17.4 Å². The van der Waals surface area contributed by atoms with E-state index in [1.807, 2.05) is 36.4 Å². The van der Waals surface area contributed by atoms with Gasteiger partial charge in [-0.1, -0.05) is 66.7 Å². The molecule has 0 spiro atoms. The van der Waals surface area contributed by atoms with Gasteiger partial charge in [0.1, 0.15) is 11.5 Å². The summed E-state index contributed by atoms with van der Waals surface area (Å²) in [6.07, 6.45) is 3.60. The molecule has 3 aromatic carbocycles. The first-order valence-electron chi connectivity index (χ1n) is 9.94. The van der Waals surface area contributed by atoms with Crippen molar-refractivity contribution in [1.82, 2.24) is 5.32 Å². The summed E-state index contributed by atoms with van der Waals surface area (Å²) in [5.74, 6) is -1.37. The van der Waals surface area contributed by atoms with Crippen LogP contribution in [0.3, 0.4) is 0 Å². The molecular weight excluding hydrogens is 390 g/mol. The Balaban J connectivity index is 1.90. The van der Waals surface area contributed by atoms with Crippen molar-refractivity contribution in [3.63, 3.8) is 0 Å². The van der Waals surface area contributed by atoms with E-state index in [9.17, 15) is 19.8 Å². The second-order valence-corrected chi connectivity index (χ2v) is 7.72. The normalized spacial score (nSPS) is 19.3. The zero-order valence-electron chi connectivity index (χ0n) is 16.4. The number of nitrogens with one attached hydrogen (secondary N) is 1. The largest absolute Gasteiger partial charge is 0.508 e. The minimum atomic E-state index is -1.04. The van der Waals surface area contributed by atoms with Gasteiger partial charge in [0.25, 0.3) is 5.91 Å². The van der Waals surface area contributed by atoms with Crippen molar-refractivity contribution in [2.75, 3.05) is 0 Å². The SMILES string of the molecule is O=C1NC(=O)C2C1=CC=C(c1ccccc1)C2(c1ccc(O)cc1)c1ccc(O)cc1. The van der Waals surface area contributed by atoms with E-state index < -0.39 is 17.2 Å². The third kappa shape index (κ3) is 2.78. The number of fused-ring (bicyclic) bond motifs is 1. The molecular formula is C26H19NO4. The zero-order chi connectivity index (χ0) is 21.6. The van der Waals surface area contributed by atoms with Gasteiger partial charge in [-0.05, 0) is 46.5 Å². The van der Waals surface area contributed by atoms with Crippen molar-refractivity contribution in [3.8, 4) is 11.5 Å². The predicted molar refractivity (Wildman–Crippen MR) is 116 cm³/mol. The Kier molecular flexibility index (Phi) is 4.26. The number of benzene rings is 3. The fraction of sp³-hybridized carbons (Fsp3) is 0.0769. The second kappa shape index (κ2) is 6.99. The second-order valence-electron chi connectivity index (χ2n) is 7.72. The van der Waals surface area contributed by atoms with Gasteiger partial charge >= 0.3 is 0 Å². The average Bonchev–Trinajstić information content (AvgIpc) is 3.09. The van der Waals surface area contributed by atoms with Gasteiger partial charge in [-0.25, -0.2) is 0 Å². The Morgan fingerprint density at radius 2 is 1.26 bits per heavy atom. The van der Waals surface area contributed by atoms with E-state index in [2.05, 4.69) is 5.32 Å². The molecule has 3 aromatic rings. The van der Waals surface area contributed by atoms with Gasteiger partial charge in [0.2, 0.25) is 5.91 Å². The van der Waals surface area contributed by atoms with Gasteiger partial charge in [-0.3, -0.25) is 14.9 Å². The number of rotatable bonds is 3. The highest BCUT2D eigenvalue weighted by atomic mass is 16.3. The number of hydrogen-bond donors (Lipinski definition) is 3. The molecule has 2 amide bonds. The maximum Gasteiger partial charge on any atom is 0.254 e. The summed E-state index contributed by atoms with van der Waals surface area (Å²) in [4.78, 5) is 25.8. The summed E-state index contributed by atoms with van der Waals surface area (Å²) >= 11 is 0. The number of carbonyl (C=O) groups is 2. The van der Waals surface area contributed by atoms with Crippen molar-refractivity contribution in [1.29, 1.82) is 0 Å². The quantitative estimate of drug-likeness (QED) is 0.576. The van der Waals surface area contributed by atoms with Crippen LogP contribution in [0.2, 0.25) is 0 Å². The molecule has 5 heteroatoms. The fourth-order valence-corrected chi connectivity index (χ4v) is 4.79. The molecule has 5 rings (SSSR count). The summed E-state index contributed by atoms with van der Waals surface area (Å²) in [6.45, 7) is 0. The van der Waals surface area contributed by atoms with Crippen LogP contribution in [0, 0.1) is 5.92 Å². The van der Waals surface area contributed by atoms with E-state index in [4.69, 9.17) is 0 Å². The van der Waals surface area contributed by atoms with E-state index in [1.54, 1.807) is 54.6 Å². The standard InChI is InChI=1S/C26H19NO4/c28-19-10-6-17(7-11-19)26(18-8-12-20(29)13-9-18)22(16-4-2-1-3-5-16)15-14-21-23(26)25(31)27-24(21)30/h1-15,23,28-29H,(H,27,30,31). The van der Waals surface area contributed by atoms with Crippen molar-refractivity contribution in [3.05, 3.63) is 113 Å². The highest BCUT2D eigenvalue weighted by Gasteiger charge is 2.56. The lowest BCUT2D eigenvalue weighted by Crippen LogP contribution is -2.43. The molecule has 5 nitrogen and oxygen atoms in total. The molecule has 0 aromatic heterocycles. The monoisotopic (exact) mass is 409 g/mol. The minimum Gasteiger partial charge on any atom is -0.508 e. The van der Waals surface area contributed by atoms with Gasteiger partial charge in [0, 0.05) is 5.57 Å². The van der Waals surface area contributed by atoms with Crippen molar-refractivity contribution in [2.24, 2.45) is 5.92 Å². The summed E-state index contributed by atoms with van der Waals surface area (Å²) in [7, 11) is 0. The Labute approximate surface area is 179 Å². The van der Waals surface area contributed by atoms with Crippen LogP contribution in [0.25, 0.3) is 5.57 Å². The first-order chi connectivity index (χ1) is 15.0. The summed E-state index contributed by atoms with van der Waals surface area (Å²) in [5.41, 5.74) is 2.63. The van der Waals surface area contributed by atoms with E-state index >= 15 is 0 Å². The highest BCUT2D eigenvalue weighted by Crippen LogP contribution is 2.55. The van der Waals surface area contributed by atoms with E-state index in [0.29, 0.717) is 5.57 Å². The molecule has 0 saturated carbocycles. The Hall–Kier alpha value is -4.12. The third-order valence-corrected chi connectivity index (χ3v) is 6.09. The number of hydrogen-bond acceptors (Lipinski definition) is 4. The number of phenols is 2. The molecule has 2 aliphatic rings. The number of imide groups is 1. The van der Waals surface area contributed by atoms with E-state index in [-0.39, 0.29) is 17.4 Å². The maximum absolute atomic E-state index is 13.2. The number of carbonyl (C=O) groups excluding carboxylic acids is 2. The smallest absolute Gasteiger partial charge is 0.254 e. The van der Waals surface area contributed by atoms with Crippen LogP contribution >= 0.6 is 0 Å². The first kappa shape index (κ1) is 18.9. The molecule has 0 bridgehead atoms. The van der Waals surface area contributed by atoms with Gasteiger partial charge in [-0.15, -0.1) is 0 Å². The van der Waals surface area contributed by atoms with Crippen LogP contribution in [0.5, 0.6) is 11.5 Å². The third-order valence-electron chi connectivity index (χ3n) is 6.09. The van der Waals surface area contributed by atoms with Crippen molar-refractivity contribution < 1.29 is 19.8 Å². The molecule has 0 radical (unpaired) electrons. The molecule has 1 saturated heterocycles. The molecule has 1 fully saturated rings. The summed E-state index contributed by atoms with van der Waals surface area (Å²) in [6, 6.07) is 23.1. The lowest BCUT2D eigenvalue weighted by molar-refractivity contribution is -0.126. The van der Waals surface area contributed by atoms with Crippen LogP contribution < -0.4 is 5.32 Å². The maximum atomic E-state index is 13.2. The number of amides is 2. The molecule has 1 heterocycles. The Morgan fingerprint density at radius 3 is 1.81 bits per heavy atom. The van der Waals surface area contributed by atoms with Crippen LogP contribution in [-0.4, -0.2) is 22.0 Å². The molecule has 1 aliphatic carbocycles. The van der Waals surface area contributed by atoms with Crippen LogP contribution in [0.15, 0.2) is 96.6 Å². The molecule has 1 atom stereocenters. The van der Waals surface area contributed by atoms with Crippen LogP contribution in [0.4, 0.5) is 0 Å². The first-order valence-corrected chi connectivity index (χ1v) is 9.94. The number of phenolic OH excluding ortho intramolecular Hbond substituents is 2. The summed E-state index contributed by atoms with van der Waals surface area (Å²) < 4.78 is 0. The summed E-state index contributed by atoms with van der Waals surface area (Å²) in [5, 5.41) is 22.3. The molecule has 152 valence electrons. The Morgan fingerprint density at radius 1 is 0.710 bits per heavy atom. The Bertz CT molecular complexity index is 1190. The molecule has 1 unspecified atom stereocenters. The topological polar surface area (TPSA) is 86.6 Å². The molecule has 1 aliphatic heterocycles. The van der Waals surface area contributed by atoms with Crippen LogP contribution in [-0.2, 0) is 15.0 Å². The molecule has 3 N–H and O–H groups in total. The fourth-order valence-electron chi connectivity index (χ4n) is 4.79. The van der Waals surface area contributed by atoms with Gasteiger partial charge < -0.3 is 10.2 Å². The lowest BCUT2D eigenvalue weighted by atomic mass is 9.56. The average molecular weight is 409 g/mol. The minimum absolute atomic E-state index is 0.105. The van der Waals surface area contributed by atoms with E-state index in [0.717, 1.165) is 22.3 Å². The van der Waals surface area contributed by atoms with Gasteiger partial charge in [0.15, 0.2) is 0 Å². The van der Waals surface area contributed by atoms with Gasteiger partial charge in [-0.2, -0.15) is 0 Å². The van der Waals surface area contributed by atoms with Crippen LogP contribution in [0.1, 0.15) is 16.7 Å². The molecule has 31 heavy (non-hydrogen) atoms. The number of aromatic hydroxyl groups is 2.